The number of nitrogens with zero attached hydrogens (tertiary/aromatic N) is 1. The van der Waals surface area contributed by atoms with Crippen molar-refractivity contribution in [2.75, 3.05) is 0 Å². The van der Waals surface area contributed by atoms with E-state index in [2.05, 4.69) is 6.92 Å². The summed E-state index contributed by atoms with van der Waals surface area (Å²) in [5.41, 5.74) is 0.487. The molecule has 0 aromatic carbocycles. The molecule has 3 nitrogen and oxygen atoms in total. The zero-order valence-corrected chi connectivity index (χ0v) is 11.7. The molecule has 0 spiro atoms. The van der Waals surface area contributed by atoms with Crippen molar-refractivity contribution < 1.29 is 14.4 Å². The molecule has 108 valence electrons. The fraction of sp³-hybridized carbons (Fsp3) is 0.667. The average Bonchev–Trinajstić information content (AvgIpc) is 2.74. The van der Waals surface area contributed by atoms with E-state index < -0.39 is 5.97 Å². The summed E-state index contributed by atoms with van der Waals surface area (Å²) in [4.78, 5) is 10.9. The number of carboxylic acids is 1. The van der Waals surface area contributed by atoms with E-state index in [-0.39, 0.29) is 10.5 Å². The Morgan fingerprint density at radius 1 is 1.16 bits per heavy atom. The van der Waals surface area contributed by atoms with Crippen LogP contribution in [0.5, 0.6) is 0 Å². The summed E-state index contributed by atoms with van der Waals surface area (Å²) in [6, 6.07) is 1.42. The van der Waals surface area contributed by atoms with E-state index in [0.29, 0.717) is 0 Å². The van der Waals surface area contributed by atoms with Gasteiger partial charge in [0, 0.05) is 6.20 Å². The summed E-state index contributed by atoms with van der Waals surface area (Å²) in [5.74, 6) is -1.22. The number of carboxylic acid groups (broad SMARTS) is 1. The number of hydrogen-bond acceptors (Lipinski definition) is 1. The van der Waals surface area contributed by atoms with Crippen LogP contribution in [0.25, 0.3) is 0 Å². The van der Waals surface area contributed by atoms with Gasteiger partial charge in [-0.1, -0.05) is 56.4 Å². The molecule has 1 rings (SSSR count). The first-order valence-electron chi connectivity index (χ1n) is 7.26. The summed E-state index contributed by atoms with van der Waals surface area (Å²) >= 11 is 0. The molecule has 1 aromatic rings. The lowest BCUT2D eigenvalue weighted by molar-refractivity contribution is 0.0673. The number of hydrogen-bond donors (Lipinski definition) is 1. The Bertz CT molecular complexity index is 387. The number of aromatic carboxylic acids is 1. The third-order valence-electron chi connectivity index (χ3n) is 3.37. The van der Waals surface area contributed by atoms with E-state index in [1.54, 1.807) is 0 Å². The van der Waals surface area contributed by atoms with Gasteiger partial charge < -0.3 is 5.11 Å². The molecule has 0 saturated carbocycles. The fourth-order valence-corrected chi connectivity index (χ4v) is 2.24. The van der Waals surface area contributed by atoms with Gasteiger partial charge in [0.1, 0.15) is 0 Å². The molecular formula is C15H24FNO2. The van der Waals surface area contributed by atoms with Crippen LogP contribution in [0.2, 0.25) is 0 Å². The number of aromatic nitrogens is 1. The van der Waals surface area contributed by atoms with Crippen LogP contribution < -0.4 is 0 Å². The summed E-state index contributed by atoms with van der Waals surface area (Å²) in [6.45, 7) is 2.21. The Hall–Kier alpha value is -1.32. The molecule has 0 unspecified atom stereocenters. The first-order valence-corrected chi connectivity index (χ1v) is 7.26. The molecule has 1 heterocycles. The van der Waals surface area contributed by atoms with Gasteiger partial charge in [-0.3, -0.25) is 0 Å². The van der Waals surface area contributed by atoms with Gasteiger partial charge in [0.05, 0.1) is 0 Å². The van der Waals surface area contributed by atoms with Gasteiger partial charge in [-0.2, -0.15) is 4.79 Å². The Morgan fingerprint density at radius 3 is 2.26 bits per heavy atom. The molecule has 0 saturated heterocycles. The summed E-state index contributed by atoms with van der Waals surface area (Å²) in [5, 5.41) is 8.73. The fourth-order valence-electron chi connectivity index (χ4n) is 2.24. The van der Waals surface area contributed by atoms with Crippen molar-refractivity contribution in [3.8, 4) is 0 Å². The van der Waals surface area contributed by atoms with E-state index in [1.165, 1.54) is 50.8 Å². The highest BCUT2D eigenvalue weighted by atomic mass is 19.2. The SMILES string of the molecule is CCCCCCCCCCc1cc(C(=O)O)n(F)c1. The Balaban J connectivity index is 2.12. The zero-order chi connectivity index (χ0) is 14.1. The second kappa shape index (κ2) is 8.73. The second-order valence-corrected chi connectivity index (χ2v) is 5.07. The van der Waals surface area contributed by atoms with Crippen LogP contribution >= 0.6 is 0 Å². The number of unbranched alkanes of at least 4 members (excludes halogenated alkanes) is 7. The molecule has 0 aliphatic heterocycles. The first-order chi connectivity index (χ1) is 9.15. The minimum atomic E-state index is -1.22. The van der Waals surface area contributed by atoms with Crippen molar-refractivity contribution in [2.45, 2.75) is 64.7 Å². The van der Waals surface area contributed by atoms with Crippen molar-refractivity contribution in [1.82, 2.24) is 4.79 Å². The standard InChI is InChI=1S/C15H24FNO2/c1-2-3-4-5-6-7-8-9-10-13-11-14(15(18)19)17(16)12-13/h11-12H,2-10H2,1H3,(H,18,19). The molecule has 0 aliphatic carbocycles. The quantitative estimate of drug-likeness (QED) is 0.631. The second-order valence-electron chi connectivity index (χ2n) is 5.07. The lowest BCUT2D eigenvalue weighted by Crippen LogP contribution is -2.00. The molecule has 1 N–H and O–H groups in total. The highest BCUT2D eigenvalue weighted by Crippen LogP contribution is 2.14. The Morgan fingerprint density at radius 2 is 1.74 bits per heavy atom. The molecule has 0 aliphatic rings. The molecular weight excluding hydrogens is 245 g/mol. The highest BCUT2D eigenvalue weighted by molar-refractivity contribution is 5.86. The molecule has 4 heteroatoms. The van der Waals surface area contributed by atoms with E-state index in [9.17, 15) is 9.28 Å². The minimum Gasteiger partial charge on any atom is -0.476 e. The van der Waals surface area contributed by atoms with Gasteiger partial charge in [0.2, 0.25) is 0 Å². The van der Waals surface area contributed by atoms with Gasteiger partial charge in [-0.15, -0.1) is 0 Å². The van der Waals surface area contributed by atoms with Gasteiger partial charge in [0.15, 0.2) is 5.69 Å². The minimum absolute atomic E-state index is 0.197. The Kier molecular flexibility index (Phi) is 7.23. The van der Waals surface area contributed by atoms with Gasteiger partial charge in [-0.25, -0.2) is 4.79 Å². The van der Waals surface area contributed by atoms with Crippen LogP contribution in [0, 0.1) is 0 Å². The van der Waals surface area contributed by atoms with Crippen LogP contribution in [0.15, 0.2) is 12.3 Å². The summed E-state index contributed by atoms with van der Waals surface area (Å²) in [7, 11) is 0. The van der Waals surface area contributed by atoms with Gasteiger partial charge >= 0.3 is 5.97 Å². The van der Waals surface area contributed by atoms with E-state index in [0.717, 1.165) is 24.8 Å². The van der Waals surface area contributed by atoms with Crippen molar-refractivity contribution in [1.29, 1.82) is 0 Å². The van der Waals surface area contributed by atoms with Crippen LogP contribution in [0.3, 0.4) is 0 Å². The van der Waals surface area contributed by atoms with Crippen LogP contribution in [0.1, 0.15) is 74.3 Å². The molecule has 19 heavy (non-hydrogen) atoms. The molecule has 0 bridgehead atoms. The molecule has 0 amide bonds. The van der Waals surface area contributed by atoms with Crippen LogP contribution in [-0.2, 0) is 6.42 Å². The van der Waals surface area contributed by atoms with Crippen LogP contribution in [-0.4, -0.2) is 15.9 Å². The summed E-state index contributed by atoms with van der Waals surface area (Å²) < 4.78 is 13.1. The maximum absolute atomic E-state index is 13.1. The zero-order valence-electron chi connectivity index (χ0n) is 11.7. The normalized spacial score (nSPS) is 10.8. The van der Waals surface area contributed by atoms with Crippen molar-refractivity contribution in [2.24, 2.45) is 0 Å². The first kappa shape index (κ1) is 15.7. The maximum atomic E-state index is 13.1. The van der Waals surface area contributed by atoms with Crippen LogP contribution in [0.4, 0.5) is 4.48 Å². The third kappa shape index (κ3) is 5.90. The predicted octanol–water partition coefficient (Wildman–Crippen LogP) is 4.60. The van der Waals surface area contributed by atoms with Crippen molar-refractivity contribution in [3.63, 3.8) is 0 Å². The smallest absolute Gasteiger partial charge is 0.355 e. The number of carbonyl (C=O) groups is 1. The average molecular weight is 269 g/mol. The van der Waals surface area contributed by atoms with Crippen molar-refractivity contribution >= 4 is 5.97 Å². The maximum Gasteiger partial charge on any atom is 0.355 e. The van der Waals surface area contributed by atoms with E-state index in [4.69, 9.17) is 5.11 Å². The molecule has 0 atom stereocenters. The van der Waals surface area contributed by atoms with Crippen molar-refractivity contribution in [3.05, 3.63) is 23.5 Å². The van der Waals surface area contributed by atoms with Gasteiger partial charge in [0.25, 0.3) is 0 Å². The molecule has 1 aromatic heterocycles. The van der Waals surface area contributed by atoms with E-state index >= 15 is 0 Å². The highest BCUT2D eigenvalue weighted by Gasteiger charge is 2.11. The van der Waals surface area contributed by atoms with E-state index in [1.807, 2.05) is 0 Å². The largest absolute Gasteiger partial charge is 0.476 e. The Labute approximate surface area is 114 Å². The number of halogens is 1. The molecule has 0 radical (unpaired) electrons. The third-order valence-corrected chi connectivity index (χ3v) is 3.37. The number of rotatable bonds is 10. The monoisotopic (exact) mass is 269 g/mol. The van der Waals surface area contributed by atoms with Gasteiger partial charge in [-0.05, 0) is 24.5 Å². The lowest BCUT2D eigenvalue weighted by Gasteiger charge is -2.00. The topological polar surface area (TPSA) is 42.2 Å². The lowest BCUT2D eigenvalue weighted by atomic mass is 10.1. The number of aryl methyl sites for hydroxylation is 1. The summed E-state index contributed by atoms with van der Waals surface area (Å²) in [6.07, 6.45) is 11.9. The molecule has 0 fully saturated rings. The predicted molar refractivity (Wildman–Crippen MR) is 74.2 cm³/mol.